The summed E-state index contributed by atoms with van der Waals surface area (Å²) >= 11 is 0. The van der Waals surface area contributed by atoms with Gasteiger partial charge in [0, 0.05) is 6.54 Å². The van der Waals surface area contributed by atoms with Crippen molar-refractivity contribution in [1.29, 1.82) is 0 Å². The fraction of sp³-hybridized carbons (Fsp3) is 0.462. The van der Waals surface area contributed by atoms with E-state index in [1.807, 2.05) is 30.3 Å². The third-order valence-corrected chi connectivity index (χ3v) is 3.01. The van der Waals surface area contributed by atoms with E-state index in [4.69, 9.17) is 0 Å². The summed E-state index contributed by atoms with van der Waals surface area (Å²) in [5.41, 5.74) is 1.16. The fourth-order valence-corrected chi connectivity index (χ4v) is 2.08. The van der Waals surface area contributed by atoms with Crippen LogP contribution in [0.5, 0.6) is 0 Å². The number of hydrogen-bond acceptors (Lipinski definition) is 2. The van der Waals surface area contributed by atoms with Gasteiger partial charge in [0.25, 0.3) is 0 Å². The molecule has 1 fully saturated rings. The summed E-state index contributed by atoms with van der Waals surface area (Å²) in [5, 5.41) is 6.37. The second-order valence-corrected chi connectivity index (χ2v) is 4.60. The van der Waals surface area contributed by atoms with Gasteiger partial charge in [0.2, 0.25) is 5.91 Å². The Balaban J connectivity index is 2.06. The Hall–Kier alpha value is -1.35. The van der Waals surface area contributed by atoms with Gasteiger partial charge in [0.15, 0.2) is 0 Å². The molecule has 1 aromatic rings. The zero-order valence-corrected chi connectivity index (χ0v) is 9.73. The number of carbonyl (C=O) groups excluding carboxylic acids is 1. The molecule has 0 saturated carbocycles. The van der Waals surface area contributed by atoms with Crippen LogP contribution in [-0.4, -0.2) is 18.5 Å². The average Bonchev–Trinajstić information content (AvgIpc) is 2.29. The lowest BCUT2D eigenvalue weighted by atomic mass is 9.97. The molecule has 16 heavy (non-hydrogen) atoms. The van der Waals surface area contributed by atoms with Crippen molar-refractivity contribution in [3.63, 3.8) is 0 Å². The molecule has 1 aromatic carbocycles. The van der Waals surface area contributed by atoms with Crippen molar-refractivity contribution in [3.8, 4) is 0 Å². The van der Waals surface area contributed by atoms with Crippen LogP contribution in [0.15, 0.2) is 30.3 Å². The van der Waals surface area contributed by atoms with Gasteiger partial charge < -0.3 is 10.6 Å². The van der Waals surface area contributed by atoms with E-state index in [0.717, 1.165) is 12.1 Å². The maximum Gasteiger partial charge on any atom is 0.237 e. The van der Waals surface area contributed by atoms with Crippen LogP contribution in [0.1, 0.15) is 25.5 Å². The number of benzene rings is 1. The Labute approximate surface area is 96.2 Å². The van der Waals surface area contributed by atoms with Crippen molar-refractivity contribution in [3.05, 3.63) is 35.9 Å². The average molecular weight is 218 g/mol. The molecular formula is C13H18N2O. The summed E-state index contributed by atoms with van der Waals surface area (Å²) in [6, 6.07) is 10.1. The zero-order valence-electron chi connectivity index (χ0n) is 9.73. The van der Waals surface area contributed by atoms with E-state index in [1.165, 1.54) is 0 Å². The van der Waals surface area contributed by atoms with Gasteiger partial charge in [-0.3, -0.25) is 4.79 Å². The van der Waals surface area contributed by atoms with Gasteiger partial charge in [-0.1, -0.05) is 44.2 Å². The van der Waals surface area contributed by atoms with Crippen LogP contribution in [0, 0.1) is 5.92 Å². The molecule has 1 aliphatic heterocycles. The lowest BCUT2D eigenvalue weighted by molar-refractivity contribution is -0.126. The maximum absolute atomic E-state index is 11.8. The van der Waals surface area contributed by atoms with Crippen LogP contribution < -0.4 is 10.6 Å². The molecule has 3 nitrogen and oxygen atoms in total. The minimum atomic E-state index is -0.0556. The Kier molecular flexibility index (Phi) is 3.25. The van der Waals surface area contributed by atoms with Crippen LogP contribution in [0.3, 0.4) is 0 Å². The molecule has 0 spiro atoms. The van der Waals surface area contributed by atoms with E-state index in [-0.39, 0.29) is 18.0 Å². The smallest absolute Gasteiger partial charge is 0.237 e. The molecule has 2 rings (SSSR count). The van der Waals surface area contributed by atoms with E-state index in [0.29, 0.717) is 5.92 Å². The standard InChI is InChI=1S/C13H18N2O/c1-9(2)12-13(16)15-11(8-14-12)10-6-4-3-5-7-10/h3-7,9,11-12,14H,8H2,1-2H3,(H,15,16)/t11-,12+/m1/s1. The Morgan fingerprint density at radius 3 is 2.50 bits per heavy atom. The van der Waals surface area contributed by atoms with Crippen LogP contribution in [-0.2, 0) is 4.79 Å². The highest BCUT2D eigenvalue weighted by Gasteiger charge is 2.29. The third-order valence-electron chi connectivity index (χ3n) is 3.01. The molecule has 2 N–H and O–H groups in total. The maximum atomic E-state index is 11.8. The van der Waals surface area contributed by atoms with Crippen molar-refractivity contribution < 1.29 is 4.79 Å². The summed E-state index contributed by atoms with van der Waals surface area (Å²) < 4.78 is 0. The van der Waals surface area contributed by atoms with E-state index in [1.54, 1.807) is 0 Å². The first kappa shape index (κ1) is 11.1. The zero-order chi connectivity index (χ0) is 11.5. The predicted molar refractivity (Wildman–Crippen MR) is 64.0 cm³/mol. The van der Waals surface area contributed by atoms with Crippen molar-refractivity contribution in [2.24, 2.45) is 5.92 Å². The highest BCUT2D eigenvalue weighted by Crippen LogP contribution is 2.16. The van der Waals surface area contributed by atoms with Crippen molar-refractivity contribution in [1.82, 2.24) is 10.6 Å². The molecule has 0 bridgehead atoms. The number of piperazine rings is 1. The van der Waals surface area contributed by atoms with E-state index in [2.05, 4.69) is 24.5 Å². The number of nitrogens with one attached hydrogen (secondary N) is 2. The molecule has 1 amide bonds. The highest BCUT2D eigenvalue weighted by molar-refractivity contribution is 5.83. The van der Waals surface area contributed by atoms with Gasteiger partial charge >= 0.3 is 0 Å². The summed E-state index contributed by atoms with van der Waals surface area (Å²) in [5.74, 6) is 0.437. The van der Waals surface area contributed by atoms with Gasteiger partial charge in [-0.05, 0) is 11.5 Å². The summed E-state index contributed by atoms with van der Waals surface area (Å²) in [6.45, 7) is 4.92. The number of carbonyl (C=O) groups is 1. The van der Waals surface area contributed by atoms with Gasteiger partial charge in [-0.15, -0.1) is 0 Å². The molecular weight excluding hydrogens is 200 g/mol. The van der Waals surface area contributed by atoms with Gasteiger partial charge in [-0.25, -0.2) is 0 Å². The third kappa shape index (κ3) is 2.25. The minimum Gasteiger partial charge on any atom is -0.347 e. The second-order valence-electron chi connectivity index (χ2n) is 4.60. The summed E-state index contributed by atoms with van der Waals surface area (Å²) in [6.07, 6.45) is 0. The second kappa shape index (κ2) is 4.66. The largest absolute Gasteiger partial charge is 0.347 e. The molecule has 1 heterocycles. The summed E-state index contributed by atoms with van der Waals surface area (Å²) in [4.78, 5) is 11.8. The molecule has 3 heteroatoms. The Morgan fingerprint density at radius 2 is 1.94 bits per heavy atom. The summed E-state index contributed by atoms with van der Waals surface area (Å²) in [7, 11) is 0. The number of amides is 1. The first-order valence-electron chi connectivity index (χ1n) is 5.77. The van der Waals surface area contributed by atoms with E-state index >= 15 is 0 Å². The van der Waals surface area contributed by atoms with Crippen molar-refractivity contribution in [2.45, 2.75) is 25.9 Å². The van der Waals surface area contributed by atoms with Crippen LogP contribution in [0.2, 0.25) is 0 Å². The molecule has 1 saturated heterocycles. The molecule has 0 unspecified atom stereocenters. The van der Waals surface area contributed by atoms with Crippen molar-refractivity contribution >= 4 is 5.91 Å². The fourth-order valence-electron chi connectivity index (χ4n) is 2.08. The molecule has 0 aromatic heterocycles. The lowest BCUT2D eigenvalue weighted by Gasteiger charge is -2.32. The van der Waals surface area contributed by atoms with Gasteiger partial charge in [0.05, 0.1) is 12.1 Å². The van der Waals surface area contributed by atoms with Gasteiger partial charge in [-0.2, -0.15) is 0 Å². The molecule has 1 aliphatic rings. The number of hydrogen-bond donors (Lipinski definition) is 2. The molecule has 0 radical (unpaired) electrons. The van der Waals surface area contributed by atoms with Gasteiger partial charge in [0.1, 0.15) is 0 Å². The topological polar surface area (TPSA) is 41.1 Å². The first-order chi connectivity index (χ1) is 7.68. The quantitative estimate of drug-likeness (QED) is 0.789. The lowest BCUT2D eigenvalue weighted by Crippen LogP contribution is -2.56. The first-order valence-corrected chi connectivity index (χ1v) is 5.77. The highest BCUT2D eigenvalue weighted by atomic mass is 16.2. The molecule has 86 valence electrons. The minimum absolute atomic E-state index is 0.0556. The number of rotatable bonds is 2. The molecule has 0 aliphatic carbocycles. The van der Waals surface area contributed by atoms with Crippen LogP contribution in [0.4, 0.5) is 0 Å². The van der Waals surface area contributed by atoms with E-state index < -0.39 is 0 Å². The monoisotopic (exact) mass is 218 g/mol. The van der Waals surface area contributed by atoms with Crippen LogP contribution >= 0.6 is 0 Å². The SMILES string of the molecule is CC(C)[C@@H]1NC[C@H](c2ccccc2)NC1=O. The van der Waals surface area contributed by atoms with Crippen LogP contribution in [0.25, 0.3) is 0 Å². The molecule has 2 atom stereocenters. The Morgan fingerprint density at radius 1 is 1.25 bits per heavy atom. The normalized spacial score (nSPS) is 25.6. The van der Waals surface area contributed by atoms with Crippen molar-refractivity contribution in [2.75, 3.05) is 6.54 Å². The van der Waals surface area contributed by atoms with E-state index in [9.17, 15) is 4.79 Å². The Bertz CT molecular complexity index is 361. The predicted octanol–water partition coefficient (Wildman–Crippen LogP) is 1.47.